The Morgan fingerprint density at radius 2 is 1.96 bits per heavy atom. The average molecular weight is 379 g/mol. The minimum atomic E-state index is -0.360. The molecule has 1 aliphatic rings. The van der Waals surface area contributed by atoms with Gasteiger partial charge in [-0.3, -0.25) is 9.36 Å². The number of para-hydroxylation sites is 1. The van der Waals surface area contributed by atoms with Gasteiger partial charge in [-0.2, -0.15) is 5.10 Å². The number of ether oxygens (including phenoxy) is 1. The largest absolute Gasteiger partial charge is 0.437 e. The summed E-state index contributed by atoms with van der Waals surface area (Å²) < 4.78 is 8.65. The number of pyridine rings is 1. The van der Waals surface area contributed by atoms with Gasteiger partial charge in [-0.25, -0.2) is 14.5 Å². The Labute approximate surface area is 161 Å². The number of aryl methyl sites for hydroxylation is 1. The highest BCUT2D eigenvalue weighted by Gasteiger charge is 2.18. The number of anilines is 1. The van der Waals surface area contributed by atoms with Crippen molar-refractivity contribution in [1.29, 1.82) is 0 Å². The number of hydrogen-bond donors (Lipinski definition) is 1. The summed E-state index contributed by atoms with van der Waals surface area (Å²) in [4.78, 5) is 29.2. The maximum Gasteiger partial charge on any atom is 0.346 e. The molecule has 0 bridgehead atoms. The Kier molecular flexibility index (Phi) is 5.18. The van der Waals surface area contributed by atoms with Crippen LogP contribution in [0.25, 0.3) is 0 Å². The first kappa shape index (κ1) is 18.0. The molecule has 1 N–H and O–H groups in total. The summed E-state index contributed by atoms with van der Waals surface area (Å²) in [5.74, 6) is 1.30. The number of aromatic nitrogens is 4. The molecule has 8 heteroatoms. The van der Waals surface area contributed by atoms with Crippen molar-refractivity contribution in [3.8, 4) is 11.6 Å². The molecule has 0 aliphatic carbocycles. The van der Waals surface area contributed by atoms with Crippen molar-refractivity contribution >= 4 is 11.6 Å². The monoisotopic (exact) mass is 379 g/mol. The lowest BCUT2D eigenvalue weighted by Crippen LogP contribution is -2.30. The van der Waals surface area contributed by atoms with Crippen LogP contribution < -0.4 is 15.7 Å². The standard InChI is InChI=1S/C20H21N5O3/c26-18(14-25-20(27)24-13-6-2-5-11-17(24)23-25)22-16-10-7-12-21-19(16)28-15-8-3-1-4-9-15/h1,3-4,7-10,12H,2,5-6,11,13-14H2,(H,22,26). The number of rotatable bonds is 5. The molecule has 8 nitrogen and oxygen atoms in total. The van der Waals surface area contributed by atoms with E-state index in [4.69, 9.17) is 4.74 Å². The average Bonchev–Trinajstić information content (AvgIpc) is 2.86. The van der Waals surface area contributed by atoms with E-state index in [-0.39, 0.29) is 24.0 Å². The molecule has 1 amide bonds. The van der Waals surface area contributed by atoms with E-state index >= 15 is 0 Å². The number of carbonyl (C=O) groups excluding carboxylic acids is 1. The van der Waals surface area contributed by atoms with Gasteiger partial charge >= 0.3 is 5.69 Å². The second-order valence-electron chi connectivity index (χ2n) is 6.64. The molecule has 1 aliphatic heterocycles. The van der Waals surface area contributed by atoms with Crippen LogP contribution in [0, 0.1) is 0 Å². The minimum Gasteiger partial charge on any atom is -0.437 e. The van der Waals surface area contributed by atoms with Crippen LogP contribution in [-0.4, -0.2) is 25.2 Å². The summed E-state index contributed by atoms with van der Waals surface area (Å²) in [5, 5.41) is 7.11. The van der Waals surface area contributed by atoms with Gasteiger partial charge in [0.25, 0.3) is 0 Å². The van der Waals surface area contributed by atoms with Crippen molar-refractivity contribution in [2.45, 2.75) is 38.8 Å². The third-order valence-corrected chi connectivity index (χ3v) is 4.58. The lowest BCUT2D eigenvalue weighted by Gasteiger charge is -2.10. The Morgan fingerprint density at radius 1 is 1.11 bits per heavy atom. The van der Waals surface area contributed by atoms with Crippen LogP contribution in [0.4, 0.5) is 5.69 Å². The van der Waals surface area contributed by atoms with Crippen molar-refractivity contribution in [2.24, 2.45) is 0 Å². The quantitative estimate of drug-likeness (QED) is 0.736. The first-order chi connectivity index (χ1) is 13.7. The Bertz CT molecular complexity index is 1030. The summed E-state index contributed by atoms with van der Waals surface area (Å²) in [6, 6.07) is 12.6. The zero-order valence-corrected chi connectivity index (χ0v) is 15.4. The van der Waals surface area contributed by atoms with Crippen LogP contribution in [0.2, 0.25) is 0 Å². The van der Waals surface area contributed by atoms with Crippen molar-refractivity contribution in [3.05, 3.63) is 65.0 Å². The molecule has 0 radical (unpaired) electrons. The predicted molar refractivity (Wildman–Crippen MR) is 103 cm³/mol. The van der Waals surface area contributed by atoms with Gasteiger partial charge in [-0.15, -0.1) is 0 Å². The molecule has 4 rings (SSSR count). The highest BCUT2D eigenvalue weighted by Crippen LogP contribution is 2.26. The second-order valence-corrected chi connectivity index (χ2v) is 6.64. The van der Waals surface area contributed by atoms with Crippen LogP contribution in [0.15, 0.2) is 53.5 Å². The molecular formula is C20H21N5O3. The molecule has 3 heterocycles. The lowest BCUT2D eigenvalue weighted by molar-refractivity contribution is -0.117. The van der Waals surface area contributed by atoms with Gasteiger partial charge in [0, 0.05) is 19.2 Å². The molecule has 28 heavy (non-hydrogen) atoms. The lowest BCUT2D eigenvalue weighted by atomic mass is 10.2. The van der Waals surface area contributed by atoms with E-state index < -0.39 is 0 Å². The fourth-order valence-corrected chi connectivity index (χ4v) is 3.22. The van der Waals surface area contributed by atoms with E-state index in [9.17, 15) is 9.59 Å². The minimum absolute atomic E-state index is 0.154. The van der Waals surface area contributed by atoms with E-state index in [1.54, 1.807) is 35.0 Å². The summed E-state index contributed by atoms with van der Waals surface area (Å²) >= 11 is 0. The number of benzene rings is 1. The highest BCUT2D eigenvalue weighted by atomic mass is 16.5. The molecule has 0 fully saturated rings. The maximum absolute atomic E-state index is 12.5. The molecule has 0 saturated carbocycles. The van der Waals surface area contributed by atoms with Gasteiger partial charge < -0.3 is 10.1 Å². The van der Waals surface area contributed by atoms with Gasteiger partial charge in [-0.1, -0.05) is 24.6 Å². The fourth-order valence-electron chi connectivity index (χ4n) is 3.22. The van der Waals surface area contributed by atoms with E-state index in [0.717, 1.165) is 31.5 Å². The van der Waals surface area contributed by atoms with Gasteiger partial charge in [0.1, 0.15) is 23.8 Å². The van der Waals surface area contributed by atoms with Gasteiger partial charge in [0.2, 0.25) is 11.8 Å². The number of fused-ring (bicyclic) bond motifs is 1. The number of nitrogens with zero attached hydrogens (tertiary/aromatic N) is 4. The summed E-state index contributed by atoms with van der Waals surface area (Å²) in [6.07, 6.45) is 5.42. The SMILES string of the molecule is O=C(Cn1nc2n(c1=O)CCCCC2)Nc1cccnc1Oc1ccccc1. The molecule has 0 atom stereocenters. The smallest absolute Gasteiger partial charge is 0.346 e. The van der Waals surface area contributed by atoms with Crippen LogP contribution in [0.5, 0.6) is 11.6 Å². The molecule has 144 valence electrons. The molecule has 3 aromatic rings. The fraction of sp³-hybridized carbons (Fsp3) is 0.300. The summed E-state index contributed by atoms with van der Waals surface area (Å²) in [7, 11) is 0. The molecule has 0 spiro atoms. The zero-order chi connectivity index (χ0) is 19.3. The van der Waals surface area contributed by atoms with Crippen molar-refractivity contribution < 1.29 is 9.53 Å². The predicted octanol–water partition coefficient (Wildman–Crippen LogP) is 2.60. The van der Waals surface area contributed by atoms with Crippen LogP contribution in [-0.2, 0) is 24.3 Å². The molecule has 0 saturated heterocycles. The Hall–Kier alpha value is -3.42. The Morgan fingerprint density at radius 3 is 2.82 bits per heavy atom. The van der Waals surface area contributed by atoms with Crippen molar-refractivity contribution in [2.75, 3.05) is 5.32 Å². The third-order valence-electron chi connectivity index (χ3n) is 4.58. The zero-order valence-electron chi connectivity index (χ0n) is 15.4. The Balaban J connectivity index is 1.48. The van der Waals surface area contributed by atoms with Crippen molar-refractivity contribution in [1.82, 2.24) is 19.3 Å². The van der Waals surface area contributed by atoms with E-state index in [2.05, 4.69) is 15.4 Å². The first-order valence-corrected chi connectivity index (χ1v) is 9.35. The number of nitrogens with one attached hydrogen (secondary N) is 1. The van der Waals surface area contributed by atoms with Crippen LogP contribution in [0.1, 0.15) is 25.1 Å². The van der Waals surface area contributed by atoms with E-state index in [1.165, 1.54) is 4.68 Å². The maximum atomic E-state index is 12.5. The topological polar surface area (TPSA) is 91.0 Å². The third kappa shape index (κ3) is 3.95. The second kappa shape index (κ2) is 8.08. The molecular weight excluding hydrogens is 358 g/mol. The first-order valence-electron chi connectivity index (χ1n) is 9.35. The summed E-state index contributed by atoms with van der Waals surface area (Å²) in [5.41, 5.74) is 0.198. The van der Waals surface area contributed by atoms with Gasteiger partial charge in [0.15, 0.2) is 0 Å². The molecule has 1 aromatic carbocycles. The summed E-state index contributed by atoms with van der Waals surface area (Å²) in [6.45, 7) is 0.506. The number of hydrogen-bond acceptors (Lipinski definition) is 5. The number of carbonyl (C=O) groups is 1. The van der Waals surface area contributed by atoms with Gasteiger partial charge in [-0.05, 0) is 37.1 Å². The van der Waals surface area contributed by atoms with E-state index in [0.29, 0.717) is 18.0 Å². The molecule has 2 aromatic heterocycles. The van der Waals surface area contributed by atoms with Gasteiger partial charge in [0.05, 0.1) is 0 Å². The normalized spacial score (nSPS) is 13.4. The molecule has 0 unspecified atom stereocenters. The van der Waals surface area contributed by atoms with Crippen molar-refractivity contribution in [3.63, 3.8) is 0 Å². The van der Waals surface area contributed by atoms with Crippen LogP contribution >= 0.6 is 0 Å². The van der Waals surface area contributed by atoms with E-state index in [1.807, 2.05) is 18.2 Å². The number of amides is 1. The highest BCUT2D eigenvalue weighted by molar-refractivity contribution is 5.91. The van der Waals surface area contributed by atoms with Crippen LogP contribution in [0.3, 0.4) is 0 Å².